The lowest BCUT2D eigenvalue weighted by Gasteiger charge is -2.21. The molecular formula is C15H19FN2S. The van der Waals surface area contributed by atoms with Crippen molar-refractivity contribution in [2.75, 3.05) is 0 Å². The molecule has 102 valence electrons. The number of aromatic nitrogens is 1. The zero-order valence-corrected chi connectivity index (χ0v) is 12.3. The average molecular weight is 278 g/mol. The monoisotopic (exact) mass is 278 g/mol. The van der Waals surface area contributed by atoms with E-state index in [1.807, 2.05) is 13.0 Å². The van der Waals surface area contributed by atoms with Gasteiger partial charge in [-0.05, 0) is 38.0 Å². The predicted octanol–water partition coefficient (Wildman–Crippen LogP) is 4.39. The highest BCUT2D eigenvalue weighted by molar-refractivity contribution is 7.09. The summed E-state index contributed by atoms with van der Waals surface area (Å²) in [5.41, 5.74) is 2.04. The Hall–Kier alpha value is -1.26. The molecule has 1 heterocycles. The number of nitrogens with one attached hydrogen (secondary N) is 1. The molecule has 2 nitrogen and oxygen atoms in total. The van der Waals surface area contributed by atoms with E-state index in [1.165, 1.54) is 6.07 Å². The fraction of sp³-hybridized carbons (Fsp3) is 0.400. The first-order valence-corrected chi connectivity index (χ1v) is 7.41. The normalized spacial score (nSPS) is 14.3. The maximum absolute atomic E-state index is 13.3. The molecule has 1 aromatic carbocycles. The molecule has 0 spiro atoms. The number of hydrogen-bond donors (Lipinski definition) is 1. The fourth-order valence-electron chi connectivity index (χ4n) is 2.12. The van der Waals surface area contributed by atoms with Crippen LogP contribution >= 0.6 is 11.3 Å². The van der Waals surface area contributed by atoms with Crippen LogP contribution in [0.2, 0.25) is 0 Å². The first-order chi connectivity index (χ1) is 9.10. The maximum Gasteiger partial charge on any atom is 0.123 e. The molecule has 2 atom stereocenters. The summed E-state index contributed by atoms with van der Waals surface area (Å²) in [7, 11) is 0. The van der Waals surface area contributed by atoms with Crippen molar-refractivity contribution in [1.82, 2.24) is 10.3 Å². The SMILES string of the molecule is CCC(NC(C)c1nc(C)cs1)c1cccc(F)c1. The van der Waals surface area contributed by atoms with Crippen LogP contribution < -0.4 is 5.32 Å². The Kier molecular flexibility index (Phi) is 4.66. The van der Waals surface area contributed by atoms with Crippen LogP contribution in [0.1, 0.15) is 48.6 Å². The molecule has 0 aliphatic heterocycles. The Balaban J connectivity index is 2.11. The van der Waals surface area contributed by atoms with Gasteiger partial charge in [-0.2, -0.15) is 0 Å². The summed E-state index contributed by atoms with van der Waals surface area (Å²) in [5, 5.41) is 6.65. The van der Waals surface area contributed by atoms with Crippen LogP contribution in [0.3, 0.4) is 0 Å². The fourth-order valence-corrected chi connectivity index (χ4v) is 2.93. The second-order valence-electron chi connectivity index (χ2n) is 4.73. The number of benzene rings is 1. The summed E-state index contributed by atoms with van der Waals surface area (Å²) in [4.78, 5) is 4.49. The van der Waals surface area contributed by atoms with Gasteiger partial charge in [0.05, 0.1) is 6.04 Å². The van der Waals surface area contributed by atoms with Crippen LogP contribution in [-0.2, 0) is 0 Å². The Morgan fingerprint density at radius 2 is 2.21 bits per heavy atom. The molecule has 0 radical (unpaired) electrons. The number of aryl methyl sites for hydroxylation is 1. The number of rotatable bonds is 5. The molecule has 0 aliphatic carbocycles. The molecule has 0 fully saturated rings. The Morgan fingerprint density at radius 1 is 1.42 bits per heavy atom. The predicted molar refractivity (Wildman–Crippen MR) is 77.8 cm³/mol. The molecule has 0 amide bonds. The van der Waals surface area contributed by atoms with Crippen molar-refractivity contribution in [1.29, 1.82) is 0 Å². The van der Waals surface area contributed by atoms with Crippen LogP contribution in [0.25, 0.3) is 0 Å². The molecule has 19 heavy (non-hydrogen) atoms. The van der Waals surface area contributed by atoms with Crippen molar-refractivity contribution >= 4 is 11.3 Å². The molecule has 2 unspecified atom stereocenters. The Morgan fingerprint density at radius 3 is 2.79 bits per heavy atom. The maximum atomic E-state index is 13.3. The molecule has 4 heteroatoms. The minimum Gasteiger partial charge on any atom is -0.301 e. The Bertz CT molecular complexity index is 538. The minimum atomic E-state index is -0.185. The van der Waals surface area contributed by atoms with E-state index in [9.17, 15) is 4.39 Å². The van der Waals surface area contributed by atoms with E-state index in [4.69, 9.17) is 0 Å². The molecule has 0 aliphatic rings. The number of nitrogens with zero attached hydrogens (tertiary/aromatic N) is 1. The smallest absolute Gasteiger partial charge is 0.123 e. The number of hydrogen-bond acceptors (Lipinski definition) is 3. The largest absolute Gasteiger partial charge is 0.301 e. The highest BCUT2D eigenvalue weighted by Gasteiger charge is 2.16. The molecule has 1 aromatic heterocycles. The van der Waals surface area contributed by atoms with Gasteiger partial charge in [-0.25, -0.2) is 9.37 Å². The molecule has 0 bridgehead atoms. The van der Waals surface area contributed by atoms with E-state index >= 15 is 0 Å². The van der Waals surface area contributed by atoms with Crippen molar-refractivity contribution < 1.29 is 4.39 Å². The van der Waals surface area contributed by atoms with Gasteiger partial charge in [0.15, 0.2) is 0 Å². The van der Waals surface area contributed by atoms with Crippen LogP contribution in [0.4, 0.5) is 4.39 Å². The molecule has 2 rings (SSSR count). The van der Waals surface area contributed by atoms with Gasteiger partial charge in [-0.1, -0.05) is 19.1 Å². The van der Waals surface area contributed by atoms with Gasteiger partial charge in [0.2, 0.25) is 0 Å². The van der Waals surface area contributed by atoms with E-state index in [2.05, 4.69) is 29.5 Å². The van der Waals surface area contributed by atoms with Gasteiger partial charge in [-0.3, -0.25) is 0 Å². The molecule has 0 saturated heterocycles. The second-order valence-corrected chi connectivity index (χ2v) is 5.62. The van der Waals surface area contributed by atoms with Crippen LogP contribution in [0, 0.1) is 12.7 Å². The summed E-state index contributed by atoms with van der Waals surface area (Å²) in [5.74, 6) is -0.185. The summed E-state index contributed by atoms with van der Waals surface area (Å²) in [6.07, 6.45) is 0.915. The lowest BCUT2D eigenvalue weighted by Crippen LogP contribution is -2.24. The van der Waals surface area contributed by atoms with Crippen molar-refractivity contribution in [2.45, 2.75) is 39.3 Å². The number of thiazole rings is 1. The quantitative estimate of drug-likeness (QED) is 0.877. The molecule has 2 aromatic rings. The zero-order valence-electron chi connectivity index (χ0n) is 11.5. The van der Waals surface area contributed by atoms with Crippen LogP contribution in [0.15, 0.2) is 29.6 Å². The van der Waals surface area contributed by atoms with Gasteiger partial charge in [0.1, 0.15) is 10.8 Å². The van der Waals surface area contributed by atoms with Crippen LogP contribution in [-0.4, -0.2) is 4.98 Å². The number of halogens is 1. The first-order valence-electron chi connectivity index (χ1n) is 6.53. The van der Waals surface area contributed by atoms with E-state index in [0.717, 1.165) is 22.7 Å². The standard InChI is InChI=1S/C15H19FN2S/c1-4-14(12-6-5-7-13(16)8-12)18-11(3)15-17-10(2)9-19-15/h5-9,11,14,18H,4H2,1-3H3. The lowest BCUT2D eigenvalue weighted by molar-refractivity contribution is 0.453. The van der Waals surface area contributed by atoms with Crippen molar-refractivity contribution in [3.05, 3.63) is 51.7 Å². The van der Waals surface area contributed by atoms with E-state index in [-0.39, 0.29) is 17.9 Å². The summed E-state index contributed by atoms with van der Waals surface area (Å²) in [6, 6.07) is 7.11. The molecule has 1 N–H and O–H groups in total. The van der Waals surface area contributed by atoms with Gasteiger partial charge in [0.25, 0.3) is 0 Å². The van der Waals surface area contributed by atoms with E-state index in [0.29, 0.717) is 0 Å². The van der Waals surface area contributed by atoms with Crippen molar-refractivity contribution in [3.63, 3.8) is 0 Å². The first kappa shape index (κ1) is 14.2. The molecule has 0 saturated carbocycles. The molecular weight excluding hydrogens is 259 g/mol. The minimum absolute atomic E-state index is 0.148. The van der Waals surface area contributed by atoms with Gasteiger partial charge in [0, 0.05) is 17.1 Å². The summed E-state index contributed by atoms with van der Waals surface area (Å²) >= 11 is 1.66. The third-order valence-corrected chi connectivity index (χ3v) is 4.26. The van der Waals surface area contributed by atoms with Crippen LogP contribution in [0.5, 0.6) is 0 Å². The Labute approximate surface area is 117 Å². The van der Waals surface area contributed by atoms with Gasteiger partial charge >= 0.3 is 0 Å². The summed E-state index contributed by atoms with van der Waals surface area (Å²) < 4.78 is 13.3. The van der Waals surface area contributed by atoms with Gasteiger partial charge < -0.3 is 5.32 Å². The topological polar surface area (TPSA) is 24.9 Å². The highest BCUT2D eigenvalue weighted by atomic mass is 32.1. The van der Waals surface area contributed by atoms with Crippen molar-refractivity contribution in [3.8, 4) is 0 Å². The highest BCUT2D eigenvalue weighted by Crippen LogP contribution is 2.24. The second kappa shape index (κ2) is 6.26. The average Bonchev–Trinajstić information content (AvgIpc) is 2.82. The summed E-state index contributed by atoms with van der Waals surface area (Å²) in [6.45, 7) is 6.19. The third-order valence-electron chi connectivity index (χ3n) is 3.12. The van der Waals surface area contributed by atoms with Crippen molar-refractivity contribution in [2.24, 2.45) is 0 Å². The van der Waals surface area contributed by atoms with Gasteiger partial charge in [-0.15, -0.1) is 11.3 Å². The zero-order chi connectivity index (χ0) is 13.8. The lowest BCUT2D eigenvalue weighted by atomic mass is 10.0. The van der Waals surface area contributed by atoms with E-state index < -0.39 is 0 Å². The third kappa shape index (κ3) is 3.61. The van der Waals surface area contributed by atoms with E-state index in [1.54, 1.807) is 23.5 Å².